The summed E-state index contributed by atoms with van der Waals surface area (Å²) in [5.74, 6) is -0.0870. The molecule has 1 aliphatic carbocycles. The first-order chi connectivity index (χ1) is 11.1. The Morgan fingerprint density at radius 3 is 2.52 bits per heavy atom. The molecule has 1 atom stereocenters. The fourth-order valence-corrected chi connectivity index (χ4v) is 3.99. The highest BCUT2D eigenvalue weighted by molar-refractivity contribution is 5.73. The Hall–Kier alpha value is -1.34. The Balaban J connectivity index is 1.45. The second-order valence-corrected chi connectivity index (χ2v) is 6.84. The third kappa shape index (κ3) is 4.14. The first-order valence-corrected chi connectivity index (χ1v) is 8.80. The smallest absolute Gasteiger partial charge is 0.410 e. The minimum absolute atomic E-state index is 0.0870. The van der Waals surface area contributed by atoms with Gasteiger partial charge in [-0.15, -0.1) is 0 Å². The summed E-state index contributed by atoms with van der Waals surface area (Å²) in [7, 11) is 0. The number of cyclic esters (lactones) is 1. The average Bonchev–Trinajstić information content (AvgIpc) is 2.95. The van der Waals surface area contributed by atoms with Gasteiger partial charge in [-0.2, -0.15) is 0 Å². The summed E-state index contributed by atoms with van der Waals surface area (Å²) in [4.78, 5) is 27.5. The summed E-state index contributed by atoms with van der Waals surface area (Å²) in [5.41, 5.74) is 0. The summed E-state index contributed by atoms with van der Waals surface area (Å²) in [5, 5.41) is 6.12. The zero-order chi connectivity index (χ0) is 16.2. The standard InChI is InChI=1S/C16H28N4O3/c1-12(21)18-10-15-11-20(16(22)23-15)14-4-2-13(3-5-14)19-8-6-17-7-9-19/h13-15,17H,2-11H2,1H3,(H,18,21)/t13?,14?,15-/m0/s1. The largest absolute Gasteiger partial charge is 0.442 e. The summed E-state index contributed by atoms with van der Waals surface area (Å²) in [6.07, 6.45) is 3.99. The van der Waals surface area contributed by atoms with Gasteiger partial charge in [0.25, 0.3) is 0 Å². The first kappa shape index (κ1) is 16.5. The van der Waals surface area contributed by atoms with E-state index in [0.29, 0.717) is 25.2 Å². The number of carbonyl (C=O) groups excluding carboxylic acids is 2. The molecule has 0 aromatic heterocycles. The molecule has 7 heteroatoms. The molecule has 3 aliphatic rings. The quantitative estimate of drug-likeness (QED) is 0.771. The van der Waals surface area contributed by atoms with Gasteiger partial charge in [0.1, 0.15) is 6.10 Å². The van der Waals surface area contributed by atoms with E-state index in [4.69, 9.17) is 4.74 Å². The lowest BCUT2D eigenvalue weighted by atomic mass is 9.89. The SMILES string of the molecule is CC(=O)NC[C@H]1CN(C2CCC(N3CCNCC3)CC2)C(=O)O1. The van der Waals surface area contributed by atoms with Crippen LogP contribution in [0.5, 0.6) is 0 Å². The molecule has 0 radical (unpaired) electrons. The maximum Gasteiger partial charge on any atom is 0.410 e. The number of nitrogens with one attached hydrogen (secondary N) is 2. The molecule has 130 valence electrons. The third-order valence-corrected chi connectivity index (χ3v) is 5.26. The zero-order valence-corrected chi connectivity index (χ0v) is 13.9. The molecule has 0 aromatic rings. The number of hydrogen-bond donors (Lipinski definition) is 2. The number of piperazine rings is 1. The Morgan fingerprint density at radius 2 is 1.87 bits per heavy atom. The molecule has 0 spiro atoms. The van der Waals surface area contributed by atoms with Crippen LogP contribution in [0.3, 0.4) is 0 Å². The van der Waals surface area contributed by atoms with E-state index in [1.54, 1.807) is 0 Å². The highest BCUT2D eigenvalue weighted by atomic mass is 16.6. The van der Waals surface area contributed by atoms with Gasteiger partial charge in [0.2, 0.25) is 5.91 Å². The van der Waals surface area contributed by atoms with Gasteiger partial charge in [-0.3, -0.25) is 9.69 Å². The summed E-state index contributed by atoms with van der Waals surface area (Å²) >= 11 is 0. The molecule has 0 aromatic carbocycles. The van der Waals surface area contributed by atoms with Crippen molar-refractivity contribution in [3.8, 4) is 0 Å². The number of amides is 2. The number of rotatable bonds is 4. The Kier molecular flexibility index (Phi) is 5.38. The fourth-order valence-electron chi connectivity index (χ4n) is 3.99. The Bertz CT molecular complexity index is 431. The lowest BCUT2D eigenvalue weighted by Crippen LogP contribution is -2.51. The van der Waals surface area contributed by atoms with Crippen LogP contribution in [0.4, 0.5) is 4.79 Å². The van der Waals surface area contributed by atoms with E-state index in [9.17, 15) is 9.59 Å². The molecule has 3 rings (SSSR count). The van der Waals surface area contributed by atoms with Crippen LogP contribution in [0.15, 0.2) is 0 Å². The van der Waals surface area contributed by atoms with Gasteiger partial charge in [0.05, 0.1) is 13.1 Å². The molecule has 2 heterocycles. The van der Waals surface area contributed by atoms with Gasteiger partial charge in [-0.1, -0.05) is 0 Å². The predicted molar refractivity (Wildman–Crippen MR) is 86.1 cm³/mol. The Labute approximate surface area is 137 Å². The highest BCUT2D eigenvalue weighted by Crippen LogP contribution is 2.29. The minimum Gasteiger partial charge on any atom is -0.442 e. The Morgan fingerprint density at radius 1 is 1.22 bits per heavy atom. The maximum absolute atomic E-state index is 12.1. The number of hydrogen-bond acceptors (Lipinski definition) is 5. The van der Waals surface area contributed by atoms with Gasteiger partial charge < -0.3 is 20.3 Å². The van der Waals surface area contributed by atoms with Crippen LogP contribution >= 0.6 is 0 Å². The monoisotopic (exact) mass is 324 g/mol. The van der Waals surface area contributed by atoms with Crippen molar-refractivity contribution in [3.63, 3.8) is 0 Å². The van der Waals surface area contributed by atoms with Crippen LogP contribution in [0, 0.1) is 0 Å². The van der Waals surface area contributed by atoms with Crippen LogP contribution in [-0.4, -0.2) is 79.3 Å². The lowest BCUT2D eigenvalue weighted by molar-refractivity contribution is -0.119. The fraction of sp³-hybridized carbons (Fsp3) is 0.875. The normalized spacial score (nSPS) is 32.7. The lowest BCUT2D eigenvalue weighted by Gasteiger charge is -2.40. The molecule has 2 saturated heterocycles. The van der Waals surface area contributed by atoms with Crippen molar-refractivity contribution in [2.45, 2.75) is 50.8 Å². The molecule has 3 fully saturated rings. The van der Waals surface area contributed by atoms with Crippen molar-refractivity contribution < 1.29 is 14.3 Å². The molecule has 0 unspecified atom stereocenters. The molecular weight excluding hydrogens is 296 g/mol. The molecule has 2 aliphatic heterocycles. The molecule has 7 nitrogen and oxygen atoms in total. The van der Waals surface area contributed by atoms with Crippen LogP contribution in [0.25, 0.3) is 0 Å². The van der Waals surface area contributed by atoms with Gasteiger partial charge in [0, 0.05) is 45.2 Å². The van der Waals surface area contributed by atoms with E-state index in [1.165, 1.54) is 6.92 Å². The third-order valence-electron chi connectivity index (χ3n) is 5.26. The van der Waals surface area contributed by atoms with E-state index in [-0.39, 0.29) is 18.1 Å². The van der Waals surface area contributed by atoms with Crippen molar-refractivity contribution in [1.82, 2.24) is 20.4 Å². The maximum atomic E-state index is 12.1. The van der Waals surface area contributed by atoms with Crippen molar-refractivity contribution in [1.29, 1.82) is 0 Å². The average molecular weight is 324 g/mol. The van der Waals surface area contributed by atoms with Gasteiger partial charge >= 0.3 is 6.09 Å². The molecule has 2 amide bonds. The first-order valence-electron chi connectivity index (χ1n) is 8.80. The summed E-state index contributed by atoms with van der Waals surface area (Å²) in [6, 6.07) is 0.964. The van der Waals surface area contributed by atoms with E-state index >= 15 is 0 Å². The molecule has 2 N–H and O–H groups in total. The molecule has 0 bridgehead atoms. The van der Waals surface area contributed by atoms with Crippen LogP contribution in [0.1, 0.15) is 32.6 Å². The topological polar surface area (TPSA) is 73.9 Å². The minimum atomic E-state index is -0.217. The number of carbonyl (C=O) groups is 2. The second-order valence-electron chi connectivity index (χ2n) is 6.84. The van der Waals surface area contributed by atoms with Crippen LogP contribution in [0.2, 0.25) is 0 Å². The van der Waals surface area contributed by atoms with Gasteiger partial charge in [-0.25, -0.2) is 4.79 Å². The van der Waals surface area contributed by atoms with Crippen LogP contribution < -0.4 is 10.6 Å². The van der Waals surface area contributed by atoms with E-state index in [0.717, 1.165) is 51.9 Å². The van der Waals surface area contributed by atoms with Crippen molar-refractivity contribution in [2.75, 3.05) is 39.3 Å². The second kappa shape index (κ2) is 7.49. The number of ether oxygens (including phenoxy) is 1. The molecular formula is C16H28N4O3. The van der Waals surface area contributed by atoms with Gasteiger partial charge in [0.15, 0.2) is 0 Å². The summed E-state index contributed by atoms with van der Waals surface area (Å²) < 4.78 is 5.37. The van der Waals surface area contributed by atoms with Crippen LogP contribution in [-0.2, 0) is 9.53 Å². The highest BCUT2D eigenvalue weighted by Gasteiger charge is 2.38. The van der Waals surface area contributed by atoms with E-state index in [1.807, 2.05) is 4.90 Å². The molecule has 23 heavy (non-hydrogen) atoms. The van der Waals surface area contributed by atoms with Crippen molar-refractivity contribution in [3.05, 3.63) is 0 Å². The van der Waals surface area contributed by atoms with Crippen molar-refractivity contribution >= 4 is 12.0 Å². The predicted octanol–water partition coefficient (Wildman–Crippen LogP) is 0.160. The van der Waals surface area contributed by atoms with E-state index in [2.05, 4.69) is 15.5 Å². The van der Waals surface area contributed by atoms with Gasteiger partial charge in [-0.05, 0) is 25.7 Å². The zero-order valence-electron chi connectivity index (χ0n) is 13.9. The van der Waals surface area contributed by atoms with E-state index < -0.39 is 0 Å². The van der Waals surface area contributed by atoms with Crippen molar-refractivity contribution in [2.24, 2.45) is 0 Å². The number of nitrogens with zero attached hydrogens (tertiary/aromatic N) is 2. The summed E-state index contributed by atoms with van der Waals surface area (Å²) in [6.45, 7) is 6.94. The molecule has 1 saturated carbocycles.